The van der Waals surface area contributed by atoms with Crippen molar-refractivity contribution in [2.75, 3.05) is 18.4 Å². The van der Waals surface area contributed by atoms with Crippen LogP contribution in [0.5, 0.6) is 0 Å². The molecule has 0 bridgehead atoms. The monoisotopic (exact) mass is 240 g/mol. The van der Waals surface area contributed by atoms with E-state index in [-0.39, 0.29) is 5.91 Å². The van der Waals surface area contributed by atoms with E-state index in [4.69, 9.17) is 11.6 Å². The van der Waals surface area contributed by atoms with Crippen LogP contribution in [0, 0.1) is 0 Å². The summed E-state index contributed by atoms with van der Waals surface area (Å²) in [5.41, 5.74) is 0.898. The second-order valence-corrected chi connectivity index (χ2v) is 4.00. The lowest BCUT2D eigenvalue weighted by atomic mass is 10.3. The Bertz CT molecular complexity index is 324. The summed E-state index contributed by atoms with van der Waals surface area (Å²) in [4.78, 5) is 11.4. The number of hydrogen-bond donors (Lipinski definition) is 2. The molecule has 0 unspecified atom stereocenters. The fourth-order valence-electron chi connectivity index (χ4n) is 1.22. The summed E-state index contributed by atoms with van der Waals surface area (Å²) in [5, 5.41) is 6.56. The quantitative estimate of drug-likeness (QED) is 0.751. The van der Waals surface area contributed by atoms with Gasteiger partial charge >= 0.3 is 0 Å². The van der Waals surface area contributed by atoms with Crippen molar-refractivity contribution in [1.29, 1.82) is 0 Å². The Labute approximate surface area is 101 Å². The Morgan fingerprint density at radius 3 is 2.62 bits per heavy atom. The molecule has 1 amide bonds. The van der Waals surface area contributed by atoms with Crippen LogP contribution in [0.15, 0.2) is 24.3 Å². The molecule has 0 saturated heterocycles. The maximum Gasteiger partial charge on any atom is 0.239 e. The molecule has 0 aliphatic rings. The van der Waals surface area contributed by atoms with Gasteiger partial charge in [-0.25, -0.2) is 0 Å². The Morgan fingerprint density at radius 2 is 2.00 bits per heavy atom. The van der Waals surface area contributed by atoms with Crippen molar-refractivity contribution < 1.29 is 4.79 Å². The van der Waals surface area contributed by atoms with Crippen molar-refractivity contribution >= 4 is 23.2 Å². The molecule has 0 spiro atoms. The fourth-order valence-corrected chi connectivity index (χ4v) is 1.34. The van der Waals surface area contributed by atoms with E-state index >= 15 is 0 Å². The summed E-state index contributed by atoms with van der Waals surface area (Å²) >= 11 is 5.75. The van der Waals surface area contributed by atoms with Crippen molar-refractivity contribution in [3.63, 3.8) is 0 Å². The molecule has 1 rings (SSSR count). The number of anilines is 1. The molecule has 1 aromatic rings. The first-order valence-electron chi connectivity index (χ1n) is 5.48. The zero-order valence-electron chi connectivity index (χ0n) is 9.42. The molecule has 0 saturated carbocycles. The summed E-state index contributed by atoms with van der Waals surface area (Å²) < 4.78 is 0. The van der Waals surface area contributed by atoms with E-state index in [2.05, 4.69) is 17.6 Å². The molecule has 0 aliphatic heterocycles. The first kappa shape index (κ1) is 12.8. The zero-order chi connectivity index (χ0) is 11.8. The Balaban J connectivity index is 2.23. The maximum atomic E-state index is 11.4. The minimum Gasteiger partial charge on any atom is -0.376 e. The minimum absolute atomic E-state index is 0.0170. The summed E-state index contributed by atoms with van der Waals surface area (Å²) in [7, 11) is 0. The molecule has 0 aromatic heterocycles. The predicted molar refractivity (Wildman–Crippen MR) is 67.9 cm³/mol. The molecule has 0 heterocycles. The number of nitrogens with one attached hydrogen (secondary N) is 2. The lowest BCUT2D eigenvalue weighted by Gasteiger charge is -2.07. The van der Waals surface area contributed by atoms with Gasteiger partial charge in [-0.1, -0.05) is 24.9 Å². The highest BCUT2D eigenvalue weighted by molar-refractivity contribution is 6.30. The maximum absolute atomic E-state index is 11.4. The van der Waals surface area contributed by atoms with Crippen molar-refractivity contribution in [3.05, 3.63) is 29.3 Å². The third-order valence-corrected chi connectivity index (χ3v) is 2.40. The number of benzene rings is 1. The van der Waals surface area contributed by atoms with Gasteiger partial charge in [0.15, 0.2) is 0 Å². The van der Waals surface area contributed by atoms with Gasteiger partial charge in [0, 0.05) is 17.3 Å². The number of rotatable bonds is 6. The van der Waals surface area contributed by atoms with Crippen molar-refractivity contribution in [2.24, 2.45) is 0 Å². The lowest BCUT2D eigenvalue weighted by Crippen LogP contribution is -2.30. The van der Waals surface area contributed by atoms with E-state index < -0.39 is 0 Å². The van der Waals surface area contributed by atoms with Gasteiger partial charge in [0.1, 0.15) is 0 Å². The standard InChI is InChI=1S/C12H17ClN2O/c1-2-3-8-14-12(16)9-15-11-6-4-10(13)5-7-11/h4-7,15H,2-3,8-9H2,1H3,(H,14,16). The molecule has 0 radical (unpaired) electrons. The van der Waals surface area contributed by atoms with E-state index in [1.54, 1.807) is 12.1 Å². The number of amides is 1. The largest absolute Gasteiger partial charge is 0.376 e. The van der Waals surface area contributed by atoms with Gasteiger partial charge in [-0.2, -0.15) is 0 Å². The SMILES string of the molecule is CCCCNC(=O)CNc1ccc(Cl)cc1. The van der Waals surface area contributed by atoms with E-state index in [9.17, 15) is 4.79 Å². The fraction of sp³-hybridized carbons (Fsp3) is 0.417. The lowest BCUT2D eigenvalue weighted by molar-refractivity contribution is -0.119. The Kier molecular flexibility index (Phi) is 5.72. The van der Waals surface area contributed by atoms with Crippen LogP contribution in [0.1, 0.15) is 19.8 Å². The van der Waals surface area contributed by atoms with Crippen LogP contribution in [-0.4, -0.2) is 19.0 Å². The molecule has 4 heteroatoms. The predicted octanol–water partition coefficient (Wildman–Crippen LogP) is 2.67. The molecule has 16 heavy (non-hydrogen) atoms. The molecule has 0 aliphatic carbocycles. The highest BCUT2D eigenvalue weighted by Crippen LogP contribution is 2.12. The molecule has 88 valence electrons. The molecule has 0 fully saturated rings. The van der Waals surface area contributed by atoms with Crippen LogP contribution in [0.4, 0.5) is 5.69 Å². The molecular formula is C12H17ClN2O. The minimum atomic E-state index is 0.0170. The van der Waals surface area contributed by atoms with Crippen molar-refractivity contribution in [1.82, 2.24) is 5.32 Å². The second-order valence-electron chi connectivity index (χ2n) is 3.56. The van der Waals surface area contributed by atoms with Gasteiger partial charge in [0.2, 0.25) is 5.91 Å². The molecule has 0 atom stereocenters. The number of carbonyl (C=O) groups excluding carboxylic acids is 1. The van der Waals surface area contributed by atoms with E-state index in [1.807, 2.05) is 12.1 Å². The number of carbonyl (C=O) groups is 1. The first-order valence-corrected chi connectivity index (χ1v) is 5.86. The number of unbranched alkanes of at least 4 members (excludes halogenated alkanes) is 1. The second kappa shape index (κ2) is 7.12. The van der Waals surface area contributed by atoms with Crippen LogP contribution in [0.25, 0.3) is 0 Å². The Morgan fingerprint density at radius 1 is 1.31 bits per heavy atom. The van der Waals surface area contributed by atoms with Crippen LogP contribution in [0.3, 0.4) is 0 Å². The third kappa shape index (κ3) is 5.03. The van der Waals surface area contributed by atoms with E-state index in [1.165, 1.54) is 0 Å². The average molecular weight is 241 g/mol. The number of halogens is 1. The summed E-state index contributed by atoms with van der Waals surface area (Å²) in [6.45, 7) is 3.14. The summed E-state index contributed by atoms with van der Waals surface area (Å²) in [6.07, 6.45) is 2.11. The molecule has 3 nitrogen and oxygen atoms in total. The van der Waals surface area contributed by atoms with Gasteiger partial charge < -0.3 is 10.6 Å². The van der Waals surface area contributed by atoms with E-state index in [0.29, 0.717) is 11.6 Å². The van der Waals surface area contributed by atoms with E-state index in [0.717, 1.165) is 25.1 Å². The van der Waals surface area contributed by atoms with Gasteiger partial charge in [-0.15, -0.1) is 0 Å². The number of hydrogen-bond acceptors (Lipinski definition) is 2. The summed E-state index contributed by atoms with van der Waals surface area (Å²) in [6, 6.07) is 7.28. The van der Waals surface area contributed by atoms with Crippen molar-refractivity contribution in [2.45, 2.75) is 19.8 Å². The topological polar surface area (TPSA) is 41.1 Å². The van der Waals surface area contributed by atoms with Crippen LogP contribution >= 0.6 is 11.6 Å². The smallest absolute Gasteiger partial charge is 0.239 e. The van der Waals surface area contributed by atoms with Gasteiger partial charge in [0.25, 0.3) is 0 Å². The normalized spacial score (nSPS) is 9.88. The Hall–Kier alpha value is -1.22. The zero-order valence-corrected chi connectivity index (χ0v) is 10.2. The summed E-state index contributed by atoms with van der Waals surface area (Å²) in [5.74, 6) is 0.0170. The molecule has 1 aromatic carbocycles. The van der Waals surface area contributed by atoms with Crippen LogP contribution in [-0.2, 0) is 4.79 Å². The first-order chi connectivity index (χ1) is 7.72. The highest BCUT2D eigenvalue weighted by Gasteiger charge is 1.99. The van der Waals surface area contributed by atoms with Gasteiger partial charge in [-0.3, -0.25) is 4.79 Å². The highest BCUT2D eigenvalue weighted by atomic mass is 35.5. The third-order valence-electron chi connectivity index (χ3n) is 2.15. The van der Waals surface area contributed by atoms with Gasteiger partial charge in [0.05, 0.1) is 6.54 Å². The van der Waals surface area contributed by atoms with Crippen LogP contribution < -0.4 is 10.6 Å². The molecule has 2 N–H and O–H groups in total. The van der Waals surface area contributed by atoms with Crippen molar-refractivity contribution in [3.8, 4) is 0 Å². The average Bonchev–Trinajstić information content (AvgIpc) is 2.29. The van der Waals surface area contributed by atoms with Crippen LogP contribution in [0.2, 0.25) is 5.02 Å². The van der Waals surface area contributed by atoms with Gasteiger partial charge in [-0.05, 0) is 30.7 Å². The molecular weight excluding hydrogens is 224 g/mol.